The Hall–Kier alpha value is -2.96. The van der Waals surface area contributed by atoms with Crippen molar-refractivity contribution in [1.82, 2.24) is 19.4 Å². The maximum absolute atomic E-state index is 12.5. The molecule has 0 aliphatic rings. The van der Waals surface area contributed by atoms with E-state index in [9.17, 15) is 9.59 Å². The number of carbonyl (C=O) groups excluding carboxylic acids is 1. The molecule has 0 saturated heterocycles. The number of carbonyl (C=O) groups is 1. The van der Waals surface area contributed by atoms with E-state index in [0.29, 0.717) is 11.1 Å². The van der Waals surface area contributed by atoms with Crippen LogP contribution in [0.25, 0.3) is 11.1 Å². The minimum absolute atomic E-state index is 0.0816. The van der Waals surface area contributed by atoms with Crippen molar-refractivity contribution in [3.8, 4) is 0 Å². The predicted octanol–water partition coefficient (Wildman–Crippen LogP) is 1.60. The van der Waals surface area contributed by atoms with E-state index in [1.54, 1.807) is 48.5 Å². The smallest absolute Gasteiger partial charge is 0.408 e. The fourth-order valence-corrected chi connectivity index (χ4v) is 2.37. The zero-order chi connectivity index (χ0) is 16.4. The lowest BCUT2D eigenvalue weighted by atomic mass is 10.2. The van der Waals surface area contributed by atoms with Crippen LogP contribution in [-0.4, -0.2) is 32.4 Å². The molecule has 1 atom stereocenters. The third-order valence-electron chi connectivity index (χ3n) is 3.87. The van der Waals surface area contributed by atoms with Gasteiger partial charge in [-0.2, -0.15) is 0 Å². The van der Waals surface area contributed by atoms with Crippen LogP contribution < -0.4 is 5.76 Å². The number of likely N-dealkylation sites (N-methyl/N-ethyl adjacent to an activating group) is 1. The maximum Gasteiger partial charge on any atom is 0.420 e. The molecule has 0 radical (unpaired) electrons. The Morgan fingerprint density at radius 1 is 1.35 bits per heavy atom. The van der Waals surface area contributed by atoms with Crippen molar-refractivity contribution in [2.75, 3.05) is 7.05 Å². The van der Waals surface area contributed by atoms with E-state index in [-0.39, 0.29) is 18.5 Å². The van der Waals surface area contributed by atoms with E-state index in [1.165, 1.54) is 10.9 Å². The van der Waals surface area contributed by atoms with Crippen LogP contribution in [0.3, 0.4) is 0 Å². The van der Waals surface area contributed by atoms with E-state index >= 15 is 0 Å². The number of para-hydroxylation sites is 2. The van der Waals surface area contributed by atoms with Gasteiger partial charge in [-0.05, 0) is 25.1 Å². The third kappa shape index (κ3) is 2.85. The molecule has 3 aromatic rings. The number of hydrogen-bond donors (Lipinski definition) is 0. The molecule has 0 saturated carbocycles. The van der Waals surface area contributed by atoms with Gasteiger partial charge in [0.15, 0.2) is 5.58 Å². The zero-order valence-electron chi connectivity index (χ0n) is 12.8. The molecule has 0 aliphatic heterocycles. The number of fused-ring (bicyclic) bond motifs is 1. The Bertz CT molecular complexity index is 885. The summed E-state index contributed by atoms with van der Waals surface area (Å²) < 4.78 is 6.48. The average molecular weight is 312 g/mol. The summed E-state index contributed by atoms with van der Waals surface area (Å²) in [5.74, 6) is -0.743. The fourth-order valence-electron chi connectivity index (χ4n) is 2.37. The van der Waals surface area contributed by atoms with Crippen LogP contribution in [-0.2, 0) is 11.3 Å². The Balaban J connectivity index is 1.83. The first kappa shape index (κ1) is 15.0. The average Bonchev–Trinajstić information content (AvgIpc) is 2.90. The summed E-state index contributed by atoms with van der Waals surface area (Å²) in [6.07, 6.45) is 3.07. The van der Waals surface area contributed by atoms with E-state index in [1.807, 2.05) is 6.92 Å². The molecule has 2 heterocycles. The minimum atomic E-state index is -0.539. The Morgan fingerprint density at radius 3 is 2.87 bits per heavy atom. The molecule has 0 spiro atoms. The number of oxazole rings is 1. The molecule has 0 N–H and O–H groups in total. The SMILES string of the molecule is CC(c1ccncn1)N(C)C(=O)Cn1c(=O)oc2ccccc21. The highest BCUT2D eigenvalue weighted by Gasteiger charge is 2.20. The van der Waals surface area contributed by atoms with Gasteiger partial charge in [-0.3, -0.25) is 9.36 Å². The van der Waals surface area contributed by atoms with Crippen molar-refractivity contribution in [2.24, 2.45) is 0 Å². The first-order valence-electron chi connectivity index (χ1n) is 7.18. The highest BCUT2D eigenvalue weighted by Crippen LogP contribution is 2.17. The van der Waals surface area contributed by atoms with Gasteiger partial charge in [-0.15, -0.1) is 0 Å². The van der Waals surface area contributed by atoms with Crippen LogP contribution in [0, 0.1) is 0 Å². The van der Waals surface area contributed by atoms with Gasteiger partial charge in [0, 0.05) is 13.2 Å². The second-order valence-corrected chi connectivity index (χ2v) is 5.24. The van der Waals surface area contributed by atoms with Crippen molar-refractivity contribution >= 4 is 17.0 Å². The zero-order valence-corrected chi connectivity index (χ0v) is 12.8. The van der Waals surface area contributed by atoms with Gasteiger partial charge < -0.3 is 9.32 Å². The van der Waals surface area contributed by atoms with E-state index < -0.39 is 5.76 Å². The molecular weight excluding hydrogens is 296 g/mol. The fraction of sp³-hybridized carbons (Fsp3) is 0.250. The first-order valence-corrected chi connectivity index (χ1v) is 7.18. The van der Waals surface area contributed by atoms with Gasteiger partial charge in [0.25, 0.3) is 0 Å². The first-order chi connectivity index (χ1) is 11.1. The lowest BCUT2D eigenvalue weighted by Gasteiger charge is -2.24. The summed E-state index contributed by atoms with van der Waals surface area (Å²) in [4.78, 5) is 34.0. The van der Waals surface area contributed by atoms with Gasteiger partial charge in [0.2, 0.25) is 5.91 Å². The van der Waals surface area contributed by atoms with Crippen molar-refractivity contribution < 1.29 is 9.21 Å². The van der Waals surface area contributed by atoms with Crippen LogP contribution >= 0.6 is 0 Å². The number of hydrogen-bond acceptors (Lipinski definition) is 5. The molecular formula is C16H16N4O3. The van der Waals surface area contributed by atoms with Crippen LogP contribution in [0.5, 0.6) is 0 Å². The highest BCUT2D eigenvalue weighted by atomic mass is 16.4. The predicted molar refractivity (Wildman–Crippen MR) is 83.7 cm³/mol. The van der Waals surface area contributed by atoms with Gasteiger partial charge in [-0.1, -0.05) is 12.1 Å². The molecule has 1 unspecified atom stereocenters. The second-order valence-electron chi connectivity index (χ2n) is 5.24. The summed E-state index contributed by atoms with van der Waals surface area (Å²) in [6, 6.07) is 8.56. The third-order valence-corrected chi connectivity index (χ3v) is 3.87. The second kappa shape index (κ2) is 6.04. The summed E-state index contributed by atoms with van der Waals surface area (Å²) >= 11 is 0. The Morgan fingerprint density at radius 2 is 2.13 bits per heavy atom. The summed E-state index contributed by atoms with van der Waals surface area (Å²) in [6.45, 7) is 1.79. The number of benzene rings is 1. The van der Waals surface area contributed by atoms with E-state index in [2.05, 4.69) is 9.97 Å². The molecule has 118 valence electrons. The quantitative estimate of drug-likeness (QED) is 0.731. The molecule has 0 bridgehead atoms. The molecule has 1 aromatic carbocycles. The largest absolute Gasteiger partial charge is 0.420 e. The van der Waals surface area contributed by atoms with Crippen molar-refractivity contribution in [3.05, 3.63) is 59.1 Å². The summed E-state index contributed by atoms with van der Waals surface area (Å²) in [5.41, 5.74) is 1.81. The van der Waals surface area contributed by atoms with Gasteiger partial charge in [-0.25, -0.2) is 14.8 Å². The van der Waals surface area contributed by atoms with E-state index in [4.69, 9.17) is 4.42 Å². The monoisotopic (exact) mass is 312 g/mol. The Kier molecular flexibility index (Phi) is 3.92. The molecule has 23 heavy (non-hydrogen) atoms. The van der Waals surface area contributed by atoms with Crippen LogP contribution in [0.15, 0.2) is 52.1 Å². The van der Waals surface area contributed by atoms with Crippen LogP contribution in [0.2, 0.25) is 0 Å². The van der Waals surface area contributed by atoms with Crippen LogP contribution in [0.1, 0.15) is 18.7 Å². The molecule has 1 amide bonds. The molecule has 0 fully saturated rings. The molecule has 2 aromatic heterocycles. The molecule has 3 rings (SSSR count). The number of amides is 1. The highest BCUT2D eigenvalue weighted by molar-refractivity contribution is 5.79. The van der Waals surface area contributed by atoms with E-state index in [0.717, 1.165) is 5.69 Å². The normalized spacial score (nSPS) is 12.3. The molecule has 0 aliphatic carbocycles. The van der Waals surface area contributed by atoms with Crippen molar-refractivity contribution in [1.29, 1.82) is 0 Å². The summed E-state index contributed by atoms with van der Waals surface area (Å²) in [7, 11) is 1.68. The summed E-state index contributed by atoms with van der Waals surface area (Å²) in [5, 5.41) is 0. The van der Waals surface area contributed by atoms with Crippen molar-refractivity contribution in [3.63, 3.8) is 0 Å². The number of nitrogens with zero attached hydrogens (tertiary/aromatic N) is 4. The van der Waals surface area contributed by atoms with Gasteiger partial charge in [0.05, 0.1) is 17.3 Å². The number of rotatable bonds is 4. The lowest BCUT2D eigenvalue weighted by Crippen LogP contribution is -2.34. The van der Waals surface area contributed by atoms with Gasteiger partial charge >= 0.3 is 5.76 Å². The lowest BCUT2D eigenvalue weighted by molar-refractivity contribution is -0.132. The minimum Gasteiger partial charge on any atom is -0.408 e. The number of aromatic nitrogens is 3. The standard InChI is InChI=1S/C16H16N4O3/c1-11(12-7-8-17-10-18-12)19(2)15(21)9-20-13-5-3-4-6-14(13)23-16(20)22/h3-8,10-11H,9H2,1-2H3. The topological polar surface area (TPSA) is 81.2 Å². The molecule has 7 heteroatoms. The molecule has 7 nitrogen and oxygen atoms in total. The van der Waals surface area contributed by atoms with Gasteiger partial charge in [0.1, 0.15) is 12.9 Å². The Labute approximate surface area is 132 Å². The van der Waals surface area contributed by atoms with Crippen molar-refractivity contribution in [2.45, 2.75) is 19.5 Å². The van der Waals surface area contributed by atoms with Crippen LogP contribution in [0.4, 0.5) is 0 Å². The maximum atomic E-state index is 12.5.